The first-order chi connectivity index (χ1) is 9.77. The van der Waals surface area contributed by atoms with Gasteiger partial charge in [-0.3, -0.25) is 4.79 Å². The summed E-state index contributed by atoms with van der Waals surface area (Å²) in [4.78, 5) is 12.2. The van der Waals surface area contributed by atoms with E-state index in [0.717, 1.165) is 6.07 Å². The molecule has 2 atom stereocenters. The smallest absolute Gasteiger partial charge is 0.299 e. The van der Waals surface area contributed by atoms with Crippen molar-refractivity contribution >= 4 is 17.4 Å². The minimum atomic E-state index is -4.25. The Morgan fingerprint density at radius 2 is 2.00 bits per heavy atom. The van der Waals surface area contributed by atoms with Crippen molar-refractivity contribution in [3.8, 4) is 0 Å². The number of hydrogen-bond acceptors (Lipinski definition) is 1. The van der Waals surface area contributed by atoms with E-state index in [1.165, 1.54) is 12.1 Å². The van der Waals surface area contributed by atoms with Gasteiger partial charge in [0.2, 0.25) is 0 Å². The summed E-state index contributed by atoms with van der Waals surface area (Å²) < 4.78 is 51.4. The van der Waals surface area contributed by atoms with E-state index in [9.17, 15) is 22.4 Å². The molecule has 1 aromatic carbocycles. The first kappa shape index (κ1) is 16.3. The number of ketones is 1. The molecule has 0 spiro atoms. The molecule has 1 nitrogen and oxygen atoms in total. The first-order valence-corrected chi connectivity index (χ1v) is 7.18. The molecule has 0 bridgehead atoms. The number of hydrogen-bond donors (Lipinski definition) is 0. The molecule has 0 saturated heterocycles. The molecule has 1 saturated carbocycles. The van der Waals surface area contributed by atoms with Crippen molar-refractivity contribution in [3.63, 3.8) is 0 Å². The summed E-state index contributed by atoms with van der Waals surface area (Å²) in [6.45, 7) is 0. The van der Waals surface area contributed by atoms with Gasteiger partial charge in [0.1, 0.15) is 11.6 Å². The number of halogens is 5. The molecule has 0 amide bonds. The van der Waals surface area contributed by atoms with E-state index >= 15 is 0 Å². The highest BCUT2D eigenvalue weighted by atomic mass is 35.5. The number of Topliss-reactive ketones (excluding diaryl/α,β-unsaturated/α-hetero) is 1. The van der Waals surface area contributed by atoms with Crippen molar-refractivity contribution < 1.29 is 22.4 Å². The molecule has 116 valence electrons. The normalized spacial score (nSPS) is 23.1. The van der Waals surface area contributed by atoms with Crippen LogP contribution in [-0.4, -0.2) is 12.0 Å². The zero-order chi connectivity index (χ0) is 15.6. The van der Waals surface area contributed by atoms with E-state index in [0.29, 0.717) is 18.4 Å². The Balaban J connectivity index is 2.04. The fraction of sp³-hybridized carbons (Fsp3) is 0.533. The van der Waals surface area contributed by atoms with Gasteiger partial charge >= 0.3 is 6.18 Å². The van der Waals surface area contributed by atoms with Crippen LogP contribution in [0.15, 0.2) is 18.2 Å². The topological polar surface area (TPSA) is 17.1 Å². The van der Waals surface area contributed by atoms with Crippen LogP contribution < -0.4 is 0 Å². The van der Waals surface area contributed by atoms with Gasteiger partial charge in [0, 0.05) is 17.4 Å². The van der Waals surface area contributed by atoms with Crippen LogP contribution in [-0.2, 0) is 11.2 Å². The zero-order valence-corrected chi connectivity index (χ0v) is 12.0. The van der Waals surface area contributed by atoms with Gasteiger partial charge < -0.3 is 0 Å². The molecule has 2 unspecified atom stereocenters. The van der Waals surface area contributed by atoms with Gasteiger partial charge in [-0.15, -0.1) is 0 Å². The fourth-order valence-electron chi connectivity index (χ4n) is 2.79. The molecule has 0 heterocycles. The monoisotopic (exact) mass is 322 g/mol. The number of rotatable bonds is 3. The lowest BCUT2D eigenvalue weighted by atomic mass is 9.78. The van der Waals surface area contributed by atoms with Crippen LogP contribution in [0.2, 0.25) is 5.02 Å². The minimum absolute atomic E-state index is 0.0774. The summed E-state index contributed by atoms with van der Waals surface area (Å²) in [6.07, 6.45) is -3.62. The lowest BCUT2D eigenvalue weighted by Crippen LogP contribution is -2.32. The molecular formula is C15H15ClF4O. The van der Waals surface area contributed by atoms with E-state index in [-0.39, 0.29) is 30.1 Å². The van der Waals surface area contributed by atoms with Crippen LogP contribution in [0, 0.1) is 17.7 Å². The molecule has 2 rings (SSSR count). The SMILES string of the molecule is O=C(Cc1cc(F)ccc1Cl)C1CCCC(C(F)(F)F)C1. The Morgan fingerprint density at radius 1 is 1.29 bits per heavy atom. The van der Waals surface area contributed by atoms with Crippen molar-refractivity contribution in [2.45, 2.75) is 38.3 Å². The average molecular weight is 323 g/mol. The Hall–Kier alpha value is -1.10. The molecule has 6 heteroatoms. The van der Waals surface area contributed by atoms with Crippen LogP contribution >= 0.6 is 11.6 Å². The molecular weight excluding hydrogens is 308 g/mol. The van der Waals surface area contributed by atoms with Crippen LogP contribution in [0.25, 0.3) is 0 Å². The van der Waals surface area contributed by atoms with E-state index in [1.54, 1.807) is 0 Å². The summed E-state index contributed by atoms with van der Waals surface area (Å²) in [5.74, 6) is -2.84. The maximum Gasteiger partial charge on any atom is 0.391 e. The lowest BCUT2D eigenvalue weighted by molar-refractivity contribution is -0.186. The number of carbonyl (C=O) groups excluding carboxylic acids is 1. The summed E-state index contributed by atoms with van der Waals surface area (Å²) in [5.41, 5.74) is 0.329. The Labute approximate surface area is 125 Å². The molecule has 1 aromatic rings. The largest absolute Gasteiger partial charge is 0.391 e. The molecule has 0 aromatic heterocycles. The van der Waals surface area contributed by atoms with Crippen LogP contribution in [0.1, 0.15) is 31.2 Å². The highest BCUT2D eigenvalue weighted by molar-refractivity contribution is 6.31. The van der Waals surface area contributed by atoms with Crippen molar-refractivity contribution in [2.24, 2.45) is 11.8 Å². The van der Waals surface area contributed by atoms with Gasteiger partial charge in [0.25, 0.3) is 0 Å². The maximum absolute atomic E-state index is 13.1. The predicted molar refractivity (Wildman–Crippen MR) is 71.6 cm³/mol. The third-order valence-electron chi connectivity index (χ3n) is 3.96. The van der Waals surface area contributed by atoms with Gasteiger partial charge in [-0.2, -0.15) is 13.2 Å². The molecule has 21 heavy (non-hydrogen) atoms. The van der Waals surface area contributed by atoms with Gasteiger partial charge in [-0.05, 0) is 43.0 Å². The molecule has 0 radical (unpaired) electrons. The van der Waals surface area contributed by atoms with Crippen molar-refractivity contribution in [1.82, 2.24) is 0 Å². The van der Waals surface area contributed by atoms with E-state index in [1.807, 2.05) is 0 Å². The molecule has 1 aliphatic carbocycles. The third-order valence-corrected chi connectivity index (χ3v) is 4.33. The Kier molecular flexibility index (Phi) is 4.91. The van der Waals surface area contributed by atoms with E-state index in [2.05, 4.69) is 0 Å². The van der Waals surface area contributed by atoms with Gasteiger partial charge in [-0.25, -0.2) is 4.39 Å². The summed E-state index contributed by atoms with van der Waals surface area (Å²) in [5, 5.41) is 0.257. The number of carbonyl (C=O) groups is 1. The maximum atomic E-state index is 13.1. The summed E-state index contributed by atoms with van der Waals surface area (Å²) >= 11 is 5.88. The fourth-order valence-corrected chi connectivity index (χ4v) is 2.97. The molecule has 0 aliphatic heterocycles. The summed E-state index contributed by atoms with van der Waals surface area (Å²) in [6, 6.07) is 3.68. The average Bonchev–Trinajstić information content (AvgIpc) is 2.42. The zero-order valence-electron chi connectivity index (χ0n) is 11.2. The molecule has 1 fully saturated rings. The standard InChI is InChI=1S/C15H15ClF4O/c16-13-5-4-12(17)7-10(13)8-14(21)9-2-1-3-11(6-9)15(18,19)20/h4-5,7,9,11H,1-3,6,8H2. The van der Waals surface area contributed by atoms with Crippen molar-refractivity contribution in [1.29, 1.82) is 0 Å². The quantitative estimate of drug-likeness (QED) is 0.719. The van der Waals surface area contributed by atoms with Gasteiger partial charge in [-0.1, -0.05) is 18.0 Å². The number of alkyl halides is 3. The summed E-state index contributed by atoms with van der Waals surface area (Å²) in [7, 11) is 0. The Bertz CT molecular complexity index is 527. The van der Waals surface area contributed by atoms with Crippen molar-refractivity contribution in [3.05, 3.63) is 34.6 Å². The lowest BCUT2D eigenvalue weighted by Gasteiger charge is -2.29. The van der Waals surface area contributed by atoms with Gasteiger partial charge in [0.05, 0.1) is 5.92 Å². The second kappa shape index (κ2) is 6.34. The highest BCUT2D eigenvalue weighted by Crippen LogP contribution is 2.40. The highest BCUT2D eigenvalue weighted by Gasteiger charge is 2.43. The van der Waals surface area contributed by atoms with Crippen molar-refractivity contribution in [2.75, 3.05) is 0 Å². The van der Waals surface area contributed by atoms with E-state index < -0.39 is 23.8 Å². The third kappa shape index (κ3) is 4.19. The first-order valence-electron chi connectivity index (χ1n) is 6.80. The minimum Gasteiger partial charge on any atom is -0.299 e. The van der Waals surface area contributed by atoms with Gasteiger partial charge in [0.15, 0.2) is 0 Å². The van der Waals surface area contributed by atoms with Crippen LogP contribution in [0.4, 0.5) is 17.6 Å². The second-order valence-electron chi connectivity index (χ2n) is 5.48. The predicted octanol–water partition coefficient (Wildman–Crippen LogP) is 4.96. The number of benzene rings is 1. The van der Waals surface area contributed by atoms with Crippen LogP contribution in [0.3, 0.4) is 0 Å². The molecule has 1 aliphatic rings. The van der Waals surface area contributed by atoms with E-state index in [4.69, 9.17) is 11.6 Å². The second-order valence-corrected chi connectivity index (χ2v) is 5.89. The Morgan fingerprint density at radius 3 is 2.67 bits per heavy atom. The van der Waals surface area contributed by atoms with Crippen LogP contribution in [0.5, 0.6) is 0 Å². The molecule has 0 N–H and O–H groups in total.